The van der Waals surface area contributed by atoms with E-state index < -0.39 is 5.82 Å². The normalized spacial score (nSPS) is 14.9. The van der Waals surface area contributed by atoms with E-state index in [1.54, 1.807) is 30.7 Å². The molecule has 0 unspecified atom stereocenters. The Bertz CT molecular complexity index is 909. The van der Waals surface area contributed by atoms with Gasteiger partial charge in [0.1, 0.15) is 24.2 Å². The first-order chi connectivity index (χ1) is 13.2. The predicted molar refractivity (Wildman–Crippen MR) is 96.9 cm³/mol. The maximum Gasteiger partial charge on any atom is 0.227 e. The number of hydrogen-bond acceptors (Lipinski definition) is 6. The van der Waals surface area contributed by atoms with E-state index >= 15 is 0 Å². The number of piperidine rings is 1. The summed E-state index contributed by atoms with van der Waals surface area (Å²) in [6, 6.07) is 4.52. The average Bonchev–Trinajstić information content (AvgIpc) is 3.23. The minimum Gasteiger partial charge on any atom is -0.355 e. The fraction of sp³-hybridized carbons (Fsp3) is 0.278. The van der Waals surface area contributed by atoms with Crippen molar-refractivity contribution in [2.75, 3.05) is 23.3 Å². The first kappa shape index (κ1) is 17.1. The Labute approximate surface area is 155 Å². The smallest absolute Gasteiger partial charge is 0.227 e. The number of amides is 1. The zero-order valence-corrected chi connectivity index (χ0v) is 14.5. The molecule has 3 heterocycles. The monoisotopic (exact) mass is 367 g/mol. The van der Waals surface area contributed by atoms with Crippen molar-refractivity contribution in [3.63, 3.8) is 0 Å². The molecule has 9 heteroatoms. The van der Waals surface area contributed by atoms with Crippen molar-refractivity contribution >= 4 is 17.4 Å². The zero-order valence-electron chi connectivity index (χ0n) is 14.5. The molecule has 0 aliphatic carbocycles. The molecule has 4 rings (SSSR count). The zero-order chi connectivity index (χ0) is 18.6. The van der Waals surface area contributed by atoms with Gasteiger partial charge in [0.2, 0.25) is 5.91 Å². The summed E-state index contributed by atoms with van der Waals surface area (Å²) in [6.45, 7) is 1.47. The highest BCUT2D eigenvalue weighted by Crippen LogP contribution is 2.23. The number of rotatable bonds is 4. The molecule has 1 aliphatic heterocycles. The highest BCUT2D eigenvalue weighted by Gasteiger charge is 2.26. The molecule has 0 bridgehead atoms. The van der Waals surface area contributed by atoms with Crippen molar-refractivity contribution in [1.82, 2.24) is 24.7 Å². The van der Waals surface area contributed by atoms with Crippen molar-refractivity contribution in [3.05, 3.63) is 55.3 Å². The molecule has 0 atom stereocenters. The molecular formula is C18H18FN7O. The lowest BCUT2D eigenvalue weighted by Crippen LogP contribution is -2.38. The first-order valence-electron chi connectivity index (χ1n) is 8.67. The second-order valence-corrected chi connectivity index (χ2v) is 6.32. The van der Waals surface area contributed by atoms with Crippen LogP contribution in [0.1, 0.15) is 12.8 Å². The van der Waals surface area contributed by atoms with Crippen LogP contribution in [0.5, 0.6) is 0 Å². The lowest BCUT2D eigenvalue weighted by Gasteiger charge is -2.31. The Morgan fingerprint density at radius 2 is 2.04 bits per heavy atom. The molecular weight excluding hydrogens is 349 g/mol. The molecule has 1 N–H and O–H groups in total. The van der Waals surface area contributed by atoms with Gasteiger partial charge in [0.25, 0.3) is 0 Å². The summed E-state index contributed by atoms with van der Waals surface area (Å²) in [5.74, 6) is 0.135. The van der Waals surface area contributed by atoms with Gasteiger partial charge in [0.05, 0.1) is 6.20 Å². The Morgan fingerprint density at radius 1 is 1.19 bits per heavy atom. The van der Waals surface area contributed by atoms with E-state index in [0.717, 1.165) is 18.9 Å². The predicted octanol–water partition coefficient (Wildman–Crippen LogP) is 2.05. The van der Waals surface area contributed by atoms with Crippen LogP contribution in [0.15, 0.2) is 49.4 Å². The van der Waals surface area contributed by atoms with E-state index in [1.165, 1.54) is 23.4 Å². The van der Waals surface area contributed by atoms with Crippen LogP contribution in [0.25, 0.3) is 5.69 Å². The van der Waals surface area contributed by atoms with Gasteiger partial charge in [-0.3, -0.25) is 9.78 Å². The molecule has 1 fully saturated rings. The number of nitrogens with zero attached hydrogens (tertiary/aromatic N) is 6. The lowest BCUT2D eigenvalue weighted by molar-refractivity contribution is -0.120. The Morgan fingerprint density at radius 3 is 2.70 bits per heavy atom. The van der Waals surface area contributed by atoms with E-state index in [4.69, 9.17) is 0 Å². The van der Waals surface area contributed by atoms with E-state index in [9.17, 15) is 9.18 Å². The molecule has 1 amide bonds. The molecule has 1 aliphatic rings. The summed E-state index contributed by atoms with van der Waals surface area (Å²) in [5, 5.41) is 6.72. The third-order valence-electron chi connectivity index (χ3n) is 4.62. The van der Waals surface area contributed by atoms with E-state index in [0.29, 0.717) is 18.5 Å². The van der Waals surface area contributed by atoms with Crippen LogP contribution >= 0.6 is 0 Å². The summed E-state index contributed by atoms with van der Waals surface area (Å²) >= 11 is 0. The number of carbonyl (C=O) groups is 1. The third-order valence-corrected chi connectivity index (χ3v) is 4.62. The van der Waals surface area contributed by atoms with E-state index in [1.807, 2.05) is 0 Å². The number of anilines is 2. The standard InChI is InChI=1S/C18H18FN7O/c19-15-9-14(1-2-16(15)26-12-21-11-23-26)24-18(27)13-3-7-25(8-4-13)17-10-20-5-6-22-17/h1-2,5-6,9-13H,3-4,7-8H2,(H,24,27). The first-order valence-corrected chi connectivity index (χ1v) is 8.67. The maximum atomic E-state index is 14.3. The van der Waals surface area contributed by atoms with Gasteiger partial charge in [-0.05, 0) is 31.0 Å². The van der Waals surface area contributed by atoms with Gasteiger partial charge in [0, 0.05) is 37.1 Å². The van der Waals surface area contributed by atoms with Gasteiger partial charge in [-0.1, -0.05) is 0 Å². The maximum absolute atomic E-state index is 14.3. The minimum atomic E-state index is -0.476. The van der Waals surface area contributed by atoms with Crippen LogP contribution < -0.4 is 10.2 Å². The van der Waals surface area contributed by atoms with Crippen molar-refractivity contribution < 1.29 is 9.18 Å². The van der Waals surface area contributed by atoms with Crippen LogP contribution in [0.3, 0.4) is 0 Å². The van der Waals surface area contributed by atoms with Crippen molar-refractivity contribution in [1.29, 1.82) is 0 Å². The number of carbonyl (C=O) groups excluding carboxylic acids is 1. The van der Waals surface area contributed by atoms with Crippen molar-refractivity contribution in [3.8, 4) is 5.69 Å². The van der Waals surface area contributed by atoms with Crippen molar-refractivity contribution in [2.24, 2.45) is 5.92 Å². The van der Waals surface area contributed by atoms with Gasteiger partial charge in [0.15, 0.2) is 5.82 Å². The van der Waals surface area contributed by atoms with Gasteiger partial charge in [-0.25, -0.2) is 19.0 Å². The molecule has 0 radical (unpaired) electrons. The molecule has 8 nitrogen and oxygen atoms in total. The number of aromatic nitrogens is 5. The van der Waals surface area contributed by atoms with Crippen LogP contribution in [0.2, 0.25) is 0 Å². The second kappa shape index (κ2) is 7.48. The van der Waals surface area contributed by atoms with Crippen LogP contribution in [-0.2, 0) is 4.79 Å². The van der Waals surface area contributed by atoms with Crippen LogP contribution in [0.4, 0.5) is 15.9 Å². The molecule has 1 aromatic carbocycles. The SMILES string of the molecule is O=C(Nc1ccc(-n2cncn2)c(F)c1)C1CCN(c2cnccn2)CC1. The fourth-order valence-electron chi connectivity index (χ4n) is 3.17. The third kappa shape index (κ3) is 3.76. The summed E-state index contributed by atoms with van der Waals surface area (Å²) in [4.78, 5) is 26.8. The highest BCUT2D eigenvalue weighted by molar-refractivity contribution is 5.92. The van der Waals surface area contributed by atoms with Gasteiger partial charge in [-0.2, -0.15) is 5.10 Å². The topological polar surface area (TPSA) is 88.8 Å². The molecule has 0 saturated carbocycles. The summed E-state index contributed by atoms with van der Waals surface area (Å²) in [5.41, 5.74) is 0.709. The van der Waals surface area contributed by atoms with E-state index in [2.05, 4.69) is 30.3 Å². The largest absolute Gasteiger partial charge is 0.355 e. The second-order valence-electron chi connectivity index (χ2n) is 6.32. The number of benzene rings is 1. The van der Waals surface area contributed by atoms with Crippen LogP contribution in [-0.4, -0.2) is 43.7 Å². The average molecular weight is 367 g/mol. The quantitative estimate of drug-likeness (QED) is 0.759. The van der Waals surface area contributed by atoms with Crippen molar-refractivity contribution in [2.45, 2.75) is 12.8 Å². The molecule has 2 aromatic heterocycles. The number of nitrogens with one attached hydrogen (secondary N) is 1. The molecule has 138 valence electrons. The molecule has 27 heavy (non-hydrogen) atoms. The fourth-order valence-corrected chi connectivity index (χ4v) is 3.17. The molecule has 3 aromatic rings. The van der Waals surface area contributed by atoms with Gasteiger partial charge in [-0.15, -0.1) is 0 Å². The molecule has 1 saturated heterocycles. The van der Waals surface area contributed by atoms with Crippen LogP contribution in [0, 0.1) is 11.7 Å². The van der Waals surface area contributed by atoms with Gasteiger partial charge >= 0.3 is 0 Å². The Hall–Kier alpha value is -3.36. The summed E-state index contributed by atoms with van der Waals surface area (Å²) < 4.78 is 15.6. The van der Waals surface area contributed by atoms with E-state index in [-0.39, 0.29) is 17.5 Å². The summed E-state index contributed by atoms with van der Waals surface area (Å²) in [6.07, 6.45) is 9.19. The highest BCUT2D eigenvalue weighted by atomic mass is 19.1. The van der Waals surface area contributed by atoms with Gasteiger partial charge < -0.3 is 10.2 Å². The lowest BCUT2D eigenvalue weighted by atomic mass is 9.96. The number of halogens is 1. The Kier molecular flexibility index (Phi) is 4.73. The molecule has 0 spiro atoms. The summed E-state index contributed by atoms with van der Waals surface area (Å²) in [7, 11) is 0. The number of hydrogen-bond donors (Lipinski definition) is 1. The Balaban J connectivity index is 1.36. The minimum absolute atomic E-state index is 0.0956.